The number of ether oxygens (including phenoxy) is 2. The lowest BCUT2D eigenvalue weighted by Crippen LogP contribution is -2.40. The van der Waals surface area contributed by atoms with Crippen molar-refractivity contribution in [2.75, 3.05) is 26.8 Å². The molecule has 2 aromatic carbocycles. The van der Waals surface area contributed by atoms with E-state index in [0.717, 1.165) is 53.3 Å². The molecule has 45 heavy (non-hydrogen) atoms. The van der Waals surface area contributed by atoms with Gasteiger partial charge in [0.1, 0.15) is 18.3 Å². The van der Waals surface area contributed by atoms with Crippen LogP contribution in [0.15, 0.2) is 74.2 Å². The minimum Gasteiger partial charge on any atom is -0.496 e. The molecule has 234 valence electrons. The fraction of sp³-hybridized carbons (Fsp3) is 0.353. The first kappa shape index (κ1) is 31.0. The Labute approximate surface area is 273 Å². The lowest BCUT2D eigenvalue weighted by molar-refractivity contribution is -0.139. The van der Waals surface area contributed by atoms with E-state index >= 15 is 0 Å². The fourth-order valence-electron chi connectivity index (χ4n) is 6.21. The smallest absolute Gasteiger partial charge is 0.338 e. The number of carbonyl (C=O) groups is 2. The van der Waals surface area contributed by atoms with Crippen LogP contribution in [0.25, 0.3) is 17.0 Å². The predicted octanol–water partition coefficient (Wildman–Crippen LogP) is 4.93. The number of likely N-dealkylation sites (tertiary alicyclic amines) is 1. The van der Waals surface area contributed by atoms with Gasteiger partial charge < -0.3 is 18.9 Å². The summed E-state index contributed by atoms with van der Waals surface area (Å²) in [7, 11) is 1.57. The summed E-state index contributed by atoms with van der Waals surface area (Å²) in [4.78, 5) is 48.3. The van der Waals surface area contributed by atoms with Gasteiger partial charge in [-0.1, -0.05) is 58.8 Å². The van der Waals surface area contributed by atoms with Crippen molar-refractivity contribution in [1.82, 2.24) is 14.0 Å². The Hall–Kier alpha value is -3.96. The van der Waals surface area contributed by atoms with Crippen molar-refractivity contribution >= 4 is 56.1 Å². The van der Waals surface area contributed by atoms with E-state index in [1.807, 2.05) is 71.1 Å². The van der Waals surface area contributed by atoms with Crippen LogP contribution in [0.2, 0.25) is 0 Å². The van der Waals surface area contributed by atoms with Crippen molar-refractivity contribution in [3.63, 3.8) is 0 Å². The van der Waals surface area contributed by atoms with Crippen molar-refractivity contribution in [2.45, 2.75) is 52.1 Å². The number of para-hydroxylation sites is 1. The van der Waals surface area contributed by atoms with Gasteiger partial charge in [0.25, 0.3) is 5.56 Å². The number of rotatable bonds is 9. The zero-order valence-electron chi connectivity index (χ0n) is 25.5. The summed E-state index contributed by atoms with van der Waals surface area (Å²) in [6, 6.07) is 12.7. The van der Waals surface area contributed by atoms with Crippen LogP contribution >= 0.6 is 27.3 Å². The largest absolute Gasteiger partial charge is 0.496 e. The minimum atomic E-state index is -0.795. The van der Waals surface area contributed by atoms with E-state index in [1.165, 1.54) is 11.3 Å². The molecular formula is C34H35BrN4O5S. The zero-order valence-corrected chi connectivity index (χ0v) is 27.9. The third-order valence-electron chi connectivity index (χ3n) is 8.25. The summed E-state index contributed by atoms with van der Waals surface area (Å²) in [6.45, 7) is 5.81. The molecular weight excluding hydrogens is 656 g/mol. The first-order chi connectivity index (χ1) is 21.8. The van der Waals surface area contributed by atoms with Gasteiger partial charge in [-0.25, -0.2) is 9.79 Å². The van der Waals surface area contributed by atoms with E-state index in [0.29, 0.717) is 38.3 Å². The zero-order chi connectivity index (χ0) is 31.7. The molecule has 9 nitrogen and oxygen atoms in total. The molecule has 1 fully saturated rings. The maximum Gasteiger partial charge on any atom is 0.338 e. The van der Waals surface area contributed by atoms with E-state index in [2.05, 4.69) is 15.9 Å². The second-order valence-corrected chi connectivity index (χ2v) is 13.0. The Balaban J connectivity index is 1.54. The van der Waals surface area contributed by atoms with E-state index in [1.54, 1.807) is 18.6 Å². The summed E-state index contributed by atoms with van der Waals surface area (Å²) in [5.74, 6) is 0.136. The van der Waals surface area contributed by atoms with Gasteiger partial charge in [0.05, 0.1) is 29.5 Å². The molecule has 0 aliphatic carbocycles. The number of methoxy groups -OCH3 is 1. The normalized spacial score (nSPS) is 16.7. The van der Waals surface area contributed by atoms with Crippen LogP contribution in [0.5, 0.6) is 5.75 Å². The summed E-state index contributed by atoms with van der Waals surface area (Å²) in [5.41, 5.74) is 3.09. The molecule has 6 rings (SSSR count). The summed E-state index contributed by atoms with van der Waals surface area (Å²) in [5, 5.41) is 0.946. The number of hydrogen-bond donors (Lipinski definition) is 0. The Morgan fingerprint density at radius 3 is 2.64 bits per heavy atom. The molecule has 0 N–H and O–H groups in total. The molecule has 1 atom stereocenters. The molecule has 11 heteroatoms. The highest BCUT2D eigenvalue weighted by atomic mass is 79.9. The number of amides is 1. The lowest BCUT2D eigenvalue weighted by Gasteiger charge is -2.27. The maximum absolute atomic E-state index is 14.4. The highest BCUT2D eigenvalue weighted by molar-refractivity contribution is 9.10. The highest BCUT2D eigenvalue weighted by Gasteiger charge is 2.36. The lowest BCUT2D eigenvalue weighted by atomic mass is 9.93. The number of benzene rings is 2. The van der Waals surface area contributed by atoms with Crippen molar-refractivity contribution in [3.8, 4) is 5.75 Å². The topological polar surface area (TPSA) is 95.1 Å². The van der Waals surface area contributed by atoms with Crippen LogP contribution in [-0.4, -0.2) is 52.7 Å². The van der Waals surface area contributed by atoms with Crippen LogP contribution < -0.4 is 19.6 Å². The Morgan fingerprint density at radius 2 is 1.91 bits per heavy atom. The molecule has 2 aromatic heterocycles. The van der Waals surface area contributed by atoms with E-state index in [-0.39, 0.29) is 24.6 Å². The molecule has 0 radical (unpaired) electrons. The van der Waals surface area contributed by atoms with E-state index < -0.39 is 12.0 Å². The van der Waals surface area contributed by atoms with Crippen molar-refractivity contribution in [1.29, 1.82) is 0 Å². The van der Waals surface area contributed by atoms with Crippen LogP contribution in [0.3, 0.4) is 0 Å². The number of hydrogen-bond acceptors (Lipinski definition) is 7. The molecule has 0 bridgehead atoms. The molecule has 0 saturated carbocycles. The number of aromatic nitrogens is 2. The van der Waals surface area contributed by atoms with Gasteiger partial charge in [0.2, 0.25) is 5.91 Å². The third-order valence-corrected chi connectivity index (χ3v) is 9.73. The molecule has 4 aromatic rings. The number of esters is 1. The molecule has 1 amide bonds. The average Bonchev–Trinajstić information content (AvgIpc) is 3.76. The standard InChI is InChI=1S/C34H35BrN4O5S/c1-4-10-25-30(33(42)44-5-2)31(24-18-22(35)13-14-27(24)43-3)39-32(41)28(45-34(39)36-25)17-21-19-38(26-12-7-6-11-23(21)26)20-29(40)37-15-8-9-16-37/h6-7,11-14,17-19,31H,4-5,8-10,15-16,20H2,1-3H3/b28-17-/t31-/m0/s1. The second kappa shape index (κ2) is 13.2. The number of nitrogens with zero attached hydrogens (tertiary/aromatic N) is 4. The van der Waals surface area contributed by atoms with Gasteiger partial charge in [0, 0.05) is 45.8 Å². The van der Waals surface area contributed by atoms with Crippen molar-refractivity contribution in [2.24, 2.45) is 4.99 Å². The number of carbonyl (C=O) groups excluding carboxylic acids is 2. The number of allylic oxidation sites excluding steroid dienone is 1. The fourth-order valence-corrected chi connectivity index (χ4v) is 7.60. The van der Waals surface area contributed by atoms with Crippen LogP contribution in [-0.2, 0) is 20.9 Å². The molecule has 4 heterocycles. The van der Waals surface area contributed by atoms with Crippen molar-refractivity contribution < 1.29 is 19.1 Å². The first-order valence-corrected chi connectivity index (χ1v) is 16.9. The quantitative estimate of drug-likeness (QED) is 0.232. The molecule has 0 spiro atoms. The van der Waals surface area contributed by atoms with Gasteiger partial charge in [-0.2, -0.15) is 0 Å². The van der Waals surface area contributed by atoms with Crippen LogP contribution in [0, 0.1) is 0 Å². The number of halogens is 1. The first-order valence-electron chi connectivity index (χ1n) is 15.3. The highest BCUT2D eigenvalue weighted by Crippen LogP contribution is 2.38. The average molecular weight is 692 g/mol. The Kier molecular flexibility index (Phi) is 9.09. The maximum atomic E-state index is 14.4. The molecule has 0 unspecified atom stereocenters. The SMILES string of the molecule is CCCC1=C(C(=O)OCC)[C@H](c2cc(Br)ccc2OC)n2c(s/c(=C\c3cn(CC(=O)N4CCCC4)c4ccccc34)c2=O)=N1. The minimum absolute atomic E-state index is 0.0945. The van der Waals surface area contributed by atoms with Crippen LogP contribution in [0.4, 0.5) is 0 Å². The third kappa shape index (κ3) is 5.91. The van der Waals surface area contributed by atoms with Crippen molar-refractivity contribution in [3.05, 3.63) is 95.2 Å². The number of fused-ring (bicyclic) bond motifs is 2. The van der Waals surface area contributed by atoms with Crippen LogP contribution in [0.1, 0.15) is 56.7 Å². The monoisotopic (exact) mass is 690 g/mol. The van der Waals surface area contributed by atoms with Gasteiger partial charge in [-0.15, -0.1) is 0 Å². The number of thiazole rings is 1. The van der Waals surface area contributed by atoms with Gasteiger partial charge >= 0.3 is 5.97 Å². The molecule has 2 aliphatic rings. The van der Waals surface area contributed by atoms with E-state index in [9.17, 15) is 14.4 Å². The predicted molar refractivity (Wildman–Crippen MR) is 178 cm³/mol. The van der Waals surface area contributed by atoms with Gasteiger partial charge in [0.15, 0.2) is 4.80 Å². The summed E-state index contributed by atoms with van der Waals surface area (Å²) < 4.78 is 16.1. The summed E-state index contributed by atoms with van der Waals surface area (Å²) >= 11 is 4.85. The second-order valence-electron chi connectivity index (χ2n) is 11.1. The Bertz CT molecular complexity index is 2000. The van der Waals surface area contributed by atoms with Gasteiger partial charge in [-0.3, -0.25) is 14.2 Å². The molecule has 1 saturated heterocycles. The van der Waals surface area contributed by atoms with Gasteiger partial charge in [-0.05, 0) is 56.5 Å². The van der Waals surface area contributed by atoms with E-state index in [4.69, 9.17) is 14.5 Å². The molecule has 2 aliphatic heterocycles. The summed E-state index contributed by atoms with van der Waals surface area (Å²) in [6.07, 6.45) is 7.19. The Morgan fingerprint density at radius 1 is 1.13 bits per heavy atom.